The molecule has 0 N–H and O–H groups in total. The fraction of sp³-hybridized carbons (Fsp3) is 0.0649. The van der Waals surface area contributed by atoms with E-state index < -0.39 is 0 Å². The van der Waals surface area contributed by atoms with E-state index >= 15 is 0 Å². The van der Waals surface area contributed by atoms with Crippen molar-refractivity contribution in [1.82, 2.24) is 4.57 Å². The Morgan fingerprint density at radius 3 is 1.25 bits per heavy atom. The maximum absolute atomic E-state index is 2.48. The molecule has 13 aromatic carbocycles. The Labute approximate surface area is 467 Å². The predicted octanol–water partition coefficient (Wildman–Crippen LogP) is 21.4. The minimum atomic E-state index is -0.282. The summed E-state index contributed by atoms with van der Waals surface area (Å²) >= 11 is 0. The zero-order chi connectivity index (χ0) is 53.6. The number of para-hydroxylation sites is 4. The first-order chi connectivity index (χ1) is 39.3. The lowest BCUT2D eigenvalue weighted by atomic mass is 9.82. The van der Waals surface area contributed by atoms with Gasteiger partial charge in [-0.05, 0) is 205 Å². The molecule has 0 spiro atoms. The van der Waals surface area contributed by atoms with E-state index in [1.807, 2.05) is 0 Å². The summed E-state index contributed by atoms with van der Waals surface area (Å²) in [5.41, 5.74) is 22.7. The van der Waals surface area contributed by atoms with Crippen LogP contribution in [-0.2, 0) is 5.41 Å². The Bertz CT molecular complexity index is 4690. The summed E-state index contributed by atoms with van der Waals surface area (Å²) in [6.45, 7) is 9.33. The molecule has 0 saturated heterocycles. The number of anilines is 6. The van der Waals surface area contributed by atoms with Gasteiger partial charge >= 0.3 is 0 Å². The average molecular weight is 1020 g/mol. The number of aromatic nitrogens is 1. The van der Waals surface area contributed by atoms with E-state index in [1.54, 1.807) is 0 Å². The molecule has 1 aliphatic carbocycles. The standard InChI is InChI=1S/C77H57N3/c1-50-44-52(53-33-43-76-72(46-53)70-30-18-19-31-75(70)80(76)56-24-12-7-13-25-56)32-38-61(50)62-39-34-57(45-51(62)2)79(58-35-40-67-65-28-15-14-26-63(65)64-27-16-17-29-66(64)71(67)47-58)60-37-42-69-68-41-36-59(48-73(68)77(3,4)74(69)49-60)78(54-20-8-5-9-21-54)55-22-10-6-11-23-55/h5-49H,1-4H3. The summed E-state index contributed by atoms with van der Waals surface area (Å²) in [4.78, 5) is 4.85. The molecule has 1 heterocycles. The Balaban J connectivity index is 0.835. The molecular formula is C77H57N3. The van der Waals surface area contributed by atoms with Gasteiger partial charge in [-0.3, -0.25) is 0 Å². The van der Waals surface area contributed by atoms with Crippen molar-refractivity contribution < 1.29 is 0 Å². The van der Waals surface area contributed by atoms with Gasteiger partial charge in [0, 0.05) is 56.0 Å². The van der Waals surface area contributed by atoms with Crippen molar-refractivity contribution in [2.45, 2.75) is 33.1 Å². The number of benzene rings is 13. The van der Waals surface area contributed by atoms with E-state index in [9.17, 15) is 0 Å². The van der Waals surface area contributed by atoms with Gasteiger partial charge in [-0.25, -0.2) is 0 Å². The van der Waals surface area contributed by atoms with Crippen LogP contribution in [0.3, 0.4) is 0 Å². The topological polar surface area (TPSA) is 11.4 Å². The SMILES string of the molecule is Cc1cc(-c2ccc3c(c2)c2ccccc2n3-c2ccccc2)ccc1-c1ccc(N(c2ccc3c(c2)C(C)(C)c2cc(N(c4ccccc4)c4ccccc4)ccc2-3)c2ccc3c4ccccc4c4ccccc4c3c2)cc1C. The maximum atomic E-state index is 2.48. The quantitative estimate of drug-likeness (QED) is 0.134. The van der Waals surface area contributed by atoms with Crippen molar-refractivity contribution in [3.05, 3.63) is 295 Å². The summed E-state index contributed by atoms with van der Waals surface area (Å²) in [7, 11) is 0. The first kappa shape index (κ1) is 47.3. The Hall–Kier alpha value is -9.96. The summed E-state index contributed by atoms with van der Waals surface area (Å²) in [5.74, 6) is 0. The highest BCUT2D eigenvalue weighted by Crippen LogP contribution is 2.53. The molecule has 0 atom stereocenters. The second-order valence-electron chi connectivity index (χ2n) is 22.2. The van der Waals surface area contributed by atoms with Crippen LogP contribution in [0.1, 0.15) is 36.1 Å². The fourth-order valence-corrected chi connectivity index (χ4v) is 13.3. The largest absolute Gasteiger partial charge is 0.310 e. The van der Waals surface area contributed by atoms with Gasteiger partial charge in [-0.15, -0.1) is 0 Å². The van der Waals surface area contributed by atoms with Gasteiger partial charge in [0.05, 0.1) is 11.0 Å². The van der Waals surface area contributed by atoms with E-state index in [-0.39, 0.29) is 5.41 Å². The third-order valence-corrected chi connectivity index (χ3v) is 17.2. The number of nitrogens with zero attached hydrogens (tertiary/aromatic N) is 3. The van der Waals surface area contributed by atoms with Crippen molar-refractivity contribution in [3.63, 3.8) is 0 Å². The van der Waals surface area contributed by atoms with Gasteiger partial charge in [0.15, 0.2) is 0 Å². The number of rotatable bonds is 9. The molecule has 0 bridgehead atoms. The van der Waals surface area contributed by atoms with Crippen LogP contribution in [0.5, 0.6) is 0 Å². The molecule has 0 unspecified atom stereocenters. The van der Waals surface area contributed by atoms with Gasteiger partial charge < -0.3 is 14.4 Å². The third kappa shape index (κ3) is 7.57. The van der Waals surface area contributed by atoms with Crippen molar-refractivity contribution >= 4 is 88.2 Å². The van der Waals surface area contributed by atoms with Crippen LogP contribution < -0.4 is 9.80 Å². The normalized spacial score (nSPS) is 12.6. The van der Waals surface area contributed by atoms with E-state index in [0.29, 0.717) is 0 Å². The lowest BCUT2D eigenvalue weighted by molar-refractivity contribution is 0.660. The molecule has 0 radical (unpaired) electrons. The number of hydrogen-bond donors (Lipinski definition) is 0. The molecule has 15 rings (SSSR count). The van der Waals surface area contributed by atoms with E-state index in [4.69, 9.17) is 0 Å². The summed E-state index contributed by atoms with van der Waals surface area (Å²) in [6, 6.07) is 101. The van der Waals surface area contributed by atoms with Crippen molar-refractivity contribution in [1.29, 1.82) is 0 Å². The molecule has 80 heavy (non-hydrogen) atoms. The second kappa shape index (κ2) is 18.6. The van der Waals surface area contributed by atoms with E-state index in [0.717, 1.165) is 34.1 Å². The van der Waals surface area contributed by atoms with Crippen molar-refractivity contribution in [3.8, 4) is 39.1 Å². The van der Waals surface area contributed by atoms with Crippen LogP contribution in [0.15, 0.2) is 273 Å². The highest BCUT2D eigenvalue weighted by Gasteiger charge is 2.37. The maximum Gasteiger partial charge on any atom is 0.0541 e. The minimum absolute atomic E-state index is 0.282. The van der Waals surface area contributed by atoms with Gasteiger partial charge in [-0.2, -0.15) is 0 Å². The van der Waals surface area contributed by atoms with Gasteiger partial charge in [0.2, 0.25) is 0 Å². The molecule has 3 nitrogen and oxygen atoms in total. The lowest BCUT2D eigenvalue weighted by Gasteiger charge is -2.30. The Morgan fingerprint density at radius 1 is 0.275 bits per heavy atom. The van der Waals surface area contributed by atoms with Gasteiger partial charge in [0.1, 0.15) is 0 Å². The smallest absolute Gasteiger partial charge is 0.0541 e. The monoisotopic (exact) mass is 1020 g/mol. The third-order valence-electron chi connectivity index (χ3n) is 17.2. The molecule has 0 aliphatic heterocycles. The van der Waals surface area contributed by atoms with Crippen LogP contribution in [0.25, 0.3) is 93.2 Å². The Morgan fingerprint density at radius 2 is 0.675 bits per heavy atom. The number of aryl methyl sites for hydroxylation is 2. The molecule has 0 saturated carbocycles. The van der Waals surface area contributed by atoms with Crippen LogP contribution in [0.4, 0.5) is 34.1 Å². The predicted molar refractivity (Wildman–Crippen MR) is 341 cm³/mol. The molecule has 1 aliphatic rings. The zero-order valence-corrected chi connectivity index (χ0v) is 45.3. The Kier molecular flexibility index (Phi) is 11.0. The molecule has 1 aromatic heterocycles. The number of hydrogen-bond acceptors (Lipinski definition) is 2. The zero-order valence-electron chi connectivity index (χ0n) is 45.3. The molecular weight excluding hydrogens is 967 g/mol. The fourth-order valence-electron chi connectivity index (χ4n) is 13.3. The summed E-state index contributed by atoms with van der Waals surface area (Å²) in [6.07, 6.45) is 0. The summed E-state index contributed by atoms with van der Waals surface area (Å²) < 4.78 is 2.38. The first-order valence-electron chi connectivity index (χ1n) is 27.9. The van der Waals surface area contributed by atoms with Crippen molar-refractivity contribution in [2.75, 3.05) is 9.80 Å². The highest BCUT2D eigenvalue weighted by molar-refractivity contribution is 6.26. The first-order valence-corrected chi connectivity index (χ1v) is 27.9. The molecule has 3 heteroatoms. The molecule has 0 fully saturated rings. The lowest BCUT2D eigenvalue weighted by Crippen LogP contribution is -2.17. The van der Waals surface area contributed by atoms with Crippen LogP contribution in [0, 0.1) is 13.8 Å². The molecule has 14 aromatic rings. The van der Waals surface area contributed by atoms with Crippen LogP contribution in [-0.4, -0.2) is 4.57 Å². The van der Waals surface area contributed by atoms with Gasteiger partial charge in [-0.1, -0.05) is 184 Å². The van der Waals surface area contributed by atoms with Crippen molar-refractivity contribution in [2.24, 2.45) is 0 Å². The second-order valence-corrected chi connectivity index (χ2v) is 22.2. The average Bonchev–Trinajstić information content (AvgIpc) is 4.12. The van der Waals surface area contributed by atoms with Gasteiger partial charge in [0.25, 0.3) is 0 Å². The van der Waals surface area contributed by atoms with E-state index in [1.165, 1.54) is 115 Å². The molecule has 380 valence electrons. The van der Waals surface area contributed by atoms with E-state index in [2.05, 4.69) is 315 Å². The number of fused-ring (bicyclic) bond motifs is 12. The van der Waals surface area contributed by atoms with Crippen LogP contribution in [0.2, 0.25) is 0 Å². The molecule has 0 amide bonds. The summed E-state index contributed by atoms with van der Waals surface area (Å²) in [5, 5.41) is 10.1. The minimum Gasteiger partial charge on any atom is -0.310 e. The van der Waals surface area contributed by atoms with Crippen LogP contribution >= 0.6 is 0 Å². The highest BCUT2D eigenvalue weighted by atomic mass is 15.1.